The van der Waals surface area contributed by atoms with Crippen molar-refractivity contribution in [2.75, 3.05) is 39.8 Å². The maximum Gasteiger partial charge on any atom is 0.260 e. The van der Waals surface area contributed by atoms with Crippen LogP contribution in [-0.2, 0) is 9.59 Å². The molecule has 2 aliphatic heterocycles. The lowest BCUT2D eigenvalue weighted by Gasteiger charge is -2.49. The van der Waals surface area contributed by atoms with Crippen LogP contribution in [-0.4, -0.2) is 67.0 Å². The van der Waals surface area contributed by atoms with Crippen molar-refractivity contribution < 1.29 is 18.7 Å². The molecule has 1 aromatic carbocycles. The number of hydrogen-bond acceptors (Lipinski definition) is 4. The van der Waals surface area contributed by atoms with Crippen LogP contribution in [0.25, 0.3) is 0 Å². The molecule has 0 radical (unpaired) electrons. The molecule has 142 valence electrons. The number of piperazine rings is 1. The Kier molecular flexibility index (Phi) is 5.67. The Morgan fingerprint density at radius 3 is 2.96 bits per heavy atom. The standard InChI is InChI=1S/C18H23ClFN3O3/c1-22-8-9-23(12-18(22)5-4-16(24)21-7-6-18)17(25)11-26-13-2-3-15(20)14(19)10-13/h2-3,10H,4-9,11-12H2,1H3,(H,21,24)/t18-/m0/s1. The summed E-state index contributed by atoms with van der Waals surface area (Å²) in [6.07, 6.45) is 2.01. The summed E-state index contributed by atoms with van der Waals surface area (Å²) in [5.41, 5.74) is -0.188. The first-order valence-electron chi connectivity index (χ1n) is 8.73. The van der Waals surface area contributed by atoms with Gasteiger partial charge in [-0.25, -0.2) is 4.39 Å². The lowest BCUT2D eigenvalue weighted by Crippen LogP contribution is -2.62. The molecule has 1 aromatic rings. The highest BCUT2D eigenvalue weighted by Crippen LogP contribution is 2.30. The van der Waals surface area contributed by atoms with Crippen molar-refractivity contribution in [3.8, 4) is 5.75 Å². The summed E-state index contributed by atoms with van der Waals surface area (Å²) in [6, 6.07) is 4.02. The molecular weight excluding hydrogens is 361 g/mol. The molecule has 2 fully saturated rings. The second-order valence-electron chi connectivity index (χ2n) is 6.93. The lowest BCUT2D eigenvalue weighted by molar-refractivity contribution is -0.139. The van der Waals surface area contributed by atoms with Crippen molar-refractivity contribution in [3.05, 3.63) is 29.0 Å². The first-order chi connectivity index (χ1) is 12.4. The van der Waals surface area contributed by atoms with Gasteiger partial charge in [-0.1, -0.05) is 11.6 Å². The van der Waals surface area contributed by atoms with Crippen molar-refractivity contribution >= 4 is 23.4 Å². The Morgan fingerprint density at radius 2 is 2.19 bits per heavy atom. The van der Waals surface area contributed by atoms with Gasteiger partial charge in [-0.2, -0.15) is 0 Å². The van der Waals surface area contributed by atoms with E-state index in [4.69, 9.17) is 16.3 Å². The highest BCUT2D eigenvalue weighted by molar-refractivity contribution is 6.30. The molecule has 2 saturated heterocycles. The van der Waals surface area contributed by atoms with E-state index >= 15 is 0 Å². The number of nitrogens with zero attached hydrogens (tertiary/aromatic N) is 2. The van der Waals surface area contributed by atoms with Crippen molar-refractivity contribution in [1.29, 1.82) is 0 Å². The SMILES string of the molecule is CN1CCN(C(=O)COc2ccc(F)c(Cl)c2)C[C@]12CCNC(=O)CC2. The molecular formula is C18H23ClFN3O3. The topological polar surface area (TPSA) is 61.9 Å². The molecule has 8 heteroatoms. The lowest BCUT2D eigenvalue weighted by atomic mass is 9.86. The Labute approximate surface area is 157 Å². The summed E-state index contributed by atoms with van der Waals surface area (Å²) in [5, 5.41) is 2.86. The highest BCUT2D eigenvalue weighted by atomic mass is 35.5. The molecule has 2 heterocycles. The monoisotopic (exact) mass is 383 g/mol. The number of ether oxygens (including phenoxy) is 1. The van der Waals surface area contributed by atoms with Gasteiger partial charge in [-0.15, -0.1) is 0 Å². The van der Waals surface area contributed by atoms with E-state index in [1.807, 2.05) is 0 Å². The molecule has 2 amide bonds. The van der Waals surface area contributed by atoms with Gasteiger partial charge < -0.3 is 15.0 Å². The van der Waals surface area contributed by atoms with Gasteiger partial charge in [0.05, 0.1) is 5.02 Å². The summed E-state index contributed by atoms with van der Waals surface area (Å²) >= 11 is 5.73. The molecule has 0 unspecified atom stereocenters. The van der Waals surface area contributed by atoms with Crippen LogP contribution in [0.5, 0.6) is 5.75 Å². The quantitative estimate of drug-likeness (QED) is 0.862. The average molecular weight is 384 g/mol. The second kappa shape index (κ2) is 7.80. The predicted molar refractivity (Wildman–Crippen MR) is 95.7 cm³/mol. The predicted octanol–water partition coefficient (Wildman–Crippen LogP) is 1.67. The Bertz CT molecular complexity index is 702. The number of carbonyl (C=O) groups is 2. The van der Waals surface area contributed by atoms with E-state index in [0.29, 0.717) is 31.8 Å². The number of amides is 2. The summed E-state index contributed by atoms with van der Waals surface area (Å²) in [5.74, 6) is -0.225. The van der Waals surface area contributed by atoms with E-state index in [0.717, 1.165) is 19.4 Å². The van der Waals surface area contributed by atoms with Gasteiger partial charge in [0.1, 0.15) is 11.6 Å². The van der Waals surface area contributed by atoms with Crippen LogP contribution in [0, 0.1) is 5.82 Å². The molecule has 1 spiro atoms. The third kappa shape index (κ3) is 4.10. The Balaban J connectivity index is 1.62. The first-order valence-corrected chi connectivity index (χ1v) is 9.11. The fourth-order valence-electron chi connectivity index (χ4n) is 3.61. The van der Waals surface area contributed by atoms with Crippen LogP contribution >= 0.6 is 11.6 Å². The van der Waals surface area contributed by atoms with Gasteiger partial charge in [0.25, 0.3) is 5.91 Å². The Hall–Kier alpha value is -1.86. The summed E-state index contributed by atoms with van der Waals surface area (Å²) in [4.78, 5) is 28.3. The molecule has 1 N–H and O–H groups in total. The van der Waals surface area contributed by atoms with Crippen molar-refractivity contribution in [2.45, 2.75) is 24.8 Å². The van der Waals surface area contributed by atoms with Crippen LogP contribution in [0.2, 0.25) is 5.02 Å². The van der Waals surface area contributed by atoms with Gasteiger partial charge in [0, 0.05) is 44.2 Å². The van der Waals surface area contributed by atoms with Gasteiger partial charge in [0.2, 0.25) is 5.91 Å². The largest absolute Gasteiger partial charge is 0.484 e. The van der Waals surface area contributed by atoms with Gasteiger partial charge in [-0.05, 0) is 32.0 Å². The van der Waals surface area contributed by atoms with E-state index in [2.05, 4.69) is 17.3 Å². The fourth-order valence-corrected chi connectivity index (χ4v) is 3.78. The first kappa shape index (κ1) is 18.9. The average Bonchev–Trinajstić information content (AvgIpc) is 2.80. The highest BCUT2D eigenvalue weighted by Gasteiger charge is 2.42. The van der Waals surface area contributed by atoms with Crippen LogP contribution in [0.3, 0.4) is 0 Å². The third-order valence-corrected chi connectivity index (χ3v) is 5.63. The smallest absolute Gasteiger partial charge is 0.260 e. The van der Waals surface area contributed by atoms with E-state index in [1.54, 1.807) is 4.90 Å². The van der Waals surface area contributed by atoms with Gasteiger partial charge in [-0.3, -0.25) is 14.5 Å². The normalized spacial score (nSPS) is 24.3. The van der Waals surface area contributed by atoms with Crippen LogP contribution in [0.15, 0.2) is 18.2 Å². The van der Waals surface area contributed by atoms with E-state index < -0.39 is 5.82 Å². The zero-order chi connectivity index (χ0) is 18.7. The zero-order valence-electron chi connectivity index (χ0n) is 14.8. The van der Waals surface area contributed by atoms with Crippen LogP contribution < -0.4 is 10.1 Å². The molecule has 0 aromatic heterocycles. The molecule has 2 aliphatic rings. The molecule has 6 nitrogen and oxygen atoms in total. The molecule has 0 bridgehead atoms. The minimum atomic E-state index is -0.525. The van der Waals surface area contributed by atoms with Crippen molar-refractivity contribution in [1.82, 2.24) is 15.1 Å². The molecule has 0 aliphatic carbocycles. The van der Waals surface area contributed by atoms with Gasteiger partial charge >= 0.3 is 0 Å². The fraction of sp³-hybridized carbons (Fsp3) is 0.556. The second-order valence-corrected chi connectivity index (χ2v) is 7.33. The van der Waals surface area contributed by atoms with E-state index in [9.17, 15) is 14.0 Å². The minimum absolute atomic E-state index is 0.0379. The minimum Gasteiger partial charge on any atom is -0.484 e. The maximum absolute atomic E-state index is 13.2. The number of rotatable bonds is 3. The van der Waals surface area contributed by atoms with Crippen molar-refractivity contribution in [3.63, 3.8) is 0 Å². The summed E-state index contributed by atoms with van der Waals surface area (Å²) < 4.78 is 18.7. The maximum atomic E-state index is 13.2. The van der Waals surface area contributed by atoms with Crippen LogP contribution in [0.1, 0.15) is 19.3 Å². The third-order valence-electron chi connectivity index (χ3n) is 5.34. The molecule has 0 saturated carbocycles. The Morgan fingerprint density at radius 1 is 1.38 bits per heavy atom. The number of hydrogen-bond donors (Lipinski definition) is 1. The molecule has 26 heavy (non-hydrogen) atoms. The zero-order valence-corrected chi connectivity index (χ0v) is 15.5. The summed E-state index contributed by atoms with van der Waals surface area (Å²) in [6.45, 7) is 2.44. The van der Waals surface area contributed by atoms with Crippen molar-refractivity contribution in [2.24, 2.45) is 0 Å². The number of nitrogens with one attached hydrogen (secondary N) is 1. The number of likely N-dealkylation sites (N-methyl/N-ethyl adjacent to an activating group) is 1. The summed E-state index contributed by atoms with van der Waals surface area (Å²) in [7, 11) is 2.05. The molecule has 1 atom stereocenters. The van der Waals surface area contributed by atoms with E-state index in [1.165, 1.54) is 18.2 Å². The number of halogens is 2. The van der Waals surface area contributed by atoms with Crippen LogP contribution in [0.4, 0.5) is 4.39 Å². The van der Waals surface area contributed by atoms with Gasteiger partial charge in [0.15, 0.2) is 6.61 Å². The van der Waals surface area contributed by atoms with E-state index in [-0.39, 0.29) is 29.0 Å². The number of carbonyl (C=O) groups excluding carboxylic acids is 2. The number of benzene rings is 1. The molecule has 3 rings (SSSR count).